The third-order valence-corrected chi connectivity index (χ3v) is 3.05. The maximum absolute atomic E-state index is 10.7. The summed E-state index contributed by atoms with van der Waals surface area (Å²) in [5, 5.41) is 3.55. The van der Waals surface area contributed by atoms with Gasteiger partial charge in [0.1, 0.15) is 6.29 Å². The van der Waals surface area contributed by atoms with E-state index >= 15 is 0 Å². The van der Waals surface area contributed by atoms with Gasteiger partial charge in [0.15, 0.2) is 0 Å². The molecule has 1 aliphatic rings. The van der Waals surface area contributed by atoms with E-state index in [2.05, 4.69) is 25.2 Å². The lowest BCUT2D eigenvalue weighted by Crippen LogP contribution is -2.22. The van der Waals surface area contributed by atoms with Crippen LogP contribution in [0.1, 0.15) is 42.1 Å². The average molecular weight is 217 g/mol. The van der Waals surface area contributed by atoms with Crippen LogP contribution in [0.15, 0.2) is 24.3 Å². The second kappa shape index (κ2) is 4.79. The lowest BCUT2D eigenvalue weighted by Gasteiger charge is -2.07. The van der Waals surface area contributed by atoms with Crippen molar-refractivity contribution in [1.29, 1.82) is 0 Å². The molecule has 2 nitrogen and oxygen atoms in total. The third-order valence-electron chi connectivity index (χ3n) is 3.05. The van der Waals surface area contributed by atoms with Crippen LogP contribution in [0, 0.1) is 5.92 Å². The lowest BCUT2D eigenvalue weighted by molar-refractivity contribution is 0.112. The maximum Gasteiger partial charge on any atom is 0.150 e. The fraction of sp³-hybridized carbons (Fsp3) is 0.500. The molecule has 1 saturated carbocycles. The number of hydrogen-bond acceptors (Lipinski definition) is 2. The van der Waals surface area contributed by atoms with E-state index in [0.29, 0.717) is 17.9 Å². The van der Waals surface area contributed by atoms with Crippen molar-refractivity contribution in [2.24, 2.45) is 5.92 Å². The van der Waals surface area contributed by atoms with Gasteiger partial charge in [0.25, 0.3) is 0 Å². The minimum Gasteiger partial charge on any atom is -0.313 e. The van der Waals surface area contributed by atoms with Crippen molar-refractivity contribution in [1.82, 2.24) is 5.32 Å². The normalized spacial score (nSPS) is 23.4. The van der Waals surface area contributed by atoms with Gasteiger partial charge >= 0.3 is 0 Å². The Morgan fingerprint density at radius 2 is 2.31 bits per heavy atom. The van der Waals surface area contributed by atoms with Crippen LogP contribution in [0.3, 0.4) is 0 Å². The largest absolute Gasteiger partial charge is 0.313 e. The molecular formula is C14H19NO. The summed E-state index contributed by atoms with van der Waals surface area (Å²) in [6.07, 6.45) is 2.12. The molecule has 2 unspecified atom stereocenters. The van der Waals surface area contributed by atoms with E-state index in [1.54, 1.807) is 0 Å². The summed E-state index contributed by atoms with van der Waals surface area (Å²) in [4.78, 5) is 10.7. The predicted molar refractivity (Wildman–Crippen MR) is 65.8 cm³/mol. The summed E-state index contributed by atoms with van der Waals surface area (Å²) in [7, 11) is 0. The van der Waals surface area contributed by atoms with Gasteiger partial charge in [0.05, 0.1) is 0 Å². The minimum absolute atomic E-state index is 0.610. The zero-order chi connectivity index (χ0) is 11.5. The molecule has 0 aromatic heterocycles. The molecule has 1 aromatic carbocycles. The van der Waals surface area contributed by atoms with E-state index in [-0.39, 0.29) is 0 Å². The van der Waals surface area contributed by atoms with Crippen LogP contribution in [0.5, 0.6) is 0 Å². The first-order valence-electron chi connectivity index (χ1n) is 5.99. The van der Waals surface area contributed by atoms with Crippen LogP contribution < -0.4 is 5.32 Å². The highest BCUT2D eigenvalue weighted by Crippen LogP contribution is 2.40. The van der Waals surface area contributed by atoms with Crippen LogP contribution in [0.4, 0.5) is 0 Å². The molecule has 16 heavy (non-hydrogen) atoms. The summed E-state index contributed by atoms with van der Waals surface area (Å²) in [5.74, 6) is 1.31. The first-order valence-corrected chi connectivity index (χ1v) is 5.99. The Morgan fingerprint density at radius 3 is 3.00 bits per heavy atom. The summed E-state index contributed by atoms with van der Waals surface area (Å²) < 4.78 is 0. The SMILES string of the molecule is CC(C)CNC1CC1c1cccc(C=O)c1. The summed E-state index contributed by atoms with van der Waals surface area (Å²) in [6.45, 7) is 5.52. The number of benzene rings is 1. The number of nitrogens with one attached hydrogen (secondary N) is 1. The number of hydrogen-bond donors (Lipinski definition) is 1. The Hall–Kier alpha value is -1.15. The van der Waals surface area contributed by atoms with Gasteiger partial charge in [-0.15, -0.1) is 0 Å². The van der Waals surface area contributed by atoms with Gasteiger partial charge in [-0.1, -0.05) is 32.0 Å². The molecule has 1 N–H and O–H groups in total. The molecule has 1 aliphatic carbocycles. The summed E-state index contributed by atoms with van der Waals surface area (Å²) >= 11 is 0. The zero-order valence-corrected chi connectivity index (χ0v) is 9.94. The monoisotopic (exact) mass is 217 g/mol. The van der Waals surface area contributed by atoms with Crippen molar-refractivity contribution in [2.75, 3.05) is 6.54 Å². The van der Waals surface area contributed by atoms with Crippen molar-refractivity contribution >= 4 is 6.29 Å². The third kappa shape index (κ3) is 2.70. The van der Waals surface area contributed by atoms with E-state index < -0.39 is 0 Å². The highest BCUT2D eigenvalue weighted by molar-refractivity contribution is 5.75. The fourth-order valence-corrected chi connectivity index (χ4v) is 2.04. The van der Waals surface area contributed by atoms with E-state index in [1.807, 2.05) is 18.2 Å². The Bertz CT molecular complexity index is 373. The molecule has 0 spiro atoms. The van der Waals surface area contributed by atoms with Gasteiger partial charge in [0, 0.05) is 17.5 Å². The van der Waals surface area contributed by atoms with Crippen LogP contribution in [0.2, 0.25) is 0 Å². The number of carbonyl (C=O) groups excluding carboxylic acids is 1. The molecule has 0 bridgehead atoms. The van der Waals surface area contributed by atoms with E-state index in [1.165, 1.54) is 12.0 Å². The smallest absolute Gasteiger partial charge is 0.150 e. The van der Waals surface area contributed by atoms with Gasteiger partial charge in [0.2, 0.25) is 0 Å². The van der Waals surface area contributed by atoms with E-state index in [9.17, 15) is 4.79 Å². The molecule has 2 atom stereocenters. The highest BCUT2D eigenvalue weighted by atomic mass is 16.1. The molecule has 0 saturated heterocycles. The average Bonchev–Trinajstić information content (AvgIpc) is 3.06. The first kappa shape index (κ1) is 11.3. The van der Waals surface area contributed by atoms with Gasteiger partial charge < -0.3 is 5.32 Å². The lowest BCUT2D eigenvalue weighted by atomic mass is 10.1. The fourth-order valence-electron chi connectivity index (χ4n) is 2.04. The van der Waals surface area contributed by atoms with Crippen molar-refractivity contribution in [3.63, 3.8) is 0 Å². The molecule has 2 heteroatoms. The standard InChI is InChI=1S/C14H19NO/c1-10(2)8-15-14-7-13(14)12-5-3-4-11(6-12)9-16/h3-6,9-10,13-15H,7-8H2,1-2H3. The quantitative estimate of drug-likeness (QED) is 0.768. The van der Waals surface area contributed by atoms with Gasteiger partial charge in [-0.05, 0) is 30.5 Å². The molecule has 86 valence electrons. The topological polar surface area (TPSA) is 29.1 Å². The first-order chi connectivity index (χ1) is 7.70. The van der Waals surface area contributed by atoms with Crippen molar-refractivity contribution < 1.29 is 4.79 Å². The number of rotatable bonds is 5. The van der Waals surface area contributed by atoms with Crippen LogP contribution >= 0.6 is 0 Å². The number of aldehydes is 1. The molecule has 1 aromatic rings. The highest BCUT2D eigenvalue weighted by Gasteiger charge is 2.37. The molecule has 0 amide bonds. The van der Waals surface area contributed by atoms with Crippen molar-refractivity contribution in [3.8, 4) is 0 Å². The Morgan fingerprint density at radius 1 is 1.50 bits per heavy atom. The molecule has 2 rings (SSSR count). The van der Waals surface area contributed by atoms with Gasteiger partial charge in [-0.25, -0.2) is 0 Å². The minimum atomic E-state index is 0.610. The number of carbonyl (C=O) groups is 1. The van der Waals surface area contributed by atoms with Crippen LogP contribution in [-0.2, 0) is 0 Å². The van der Waals surface area contributed by atoms with Gasteiger partial charge in [-0.3, -0.25) is 4.79 Å². The molecule has 1 fully saturated rings. The van der Waals surface area contributed by atoms with Gasteiger partial charge in [-0.2, -0.15) is 0 Å². The summed E-state index contributed by atoms with van der Waals surface area (Å²) in [6, 6.07) is 8.57. The Balaban J connectivity index is 1.92. The van der Waals surface area contributed by atoms with E-state index in [4.69, 9.17) is 0 Å². The van der Waals surface area contributed by atoms with E-state index in [0.717, 1.165) is 18.4 Å². The zero-order valence-electron chi connectivity index (χ0n) is 9.94. The summed E-state index contributed by atoms with van der Waals surface area (Å²) in [5.41, 5.74) is 2.08. The maximum atomic E-state index is 10.7. The second-order valence-corrected chi connectivity index (χ2v) is 5.04. The van der Waals surface area contributed by atoms with Crippen LogP contribution in [-0.4, -0.2) is 18.9 Å². The predicted octanol–water partition coefficient (Wildman–Crippen LogP) is 2.60. The van der Waals surface area contributed by atoms with Crippen molar-refractivity contribution in [2.45, 2.75) is 32.2 Å². The molecule has 0 aliphatic heterocycles. The Kier molecular flexibility index (Phi) is 3.39. The Labute approximate surface area is 97.1 Å². The molecule has 0 heterocycles. The second-order valence-electron chi connectivity index (χ2n) is 5.04. The molecular weight excluding hydrogens is 198 g/mol. The van der Waals surface area contributed by atoms with Crippen LogP contribution in [0.25, 0.3) is 0 Å². The molecule has 0 radical (unpaired) electrons. The van der Waals surface area contributed by atoms with Crippen molar-refractivity contribution in [3.05, 3.63) is 35.4 Å².